The lowest BCUT2D eigenvalue weighted by molar-refractivity contribution is 0.0692. The molecular formula is C12H9BrFNO2S. The van der Waals surface area contributed by atoms with E-state index >= 15 is 0 Å². The van der Waals surface area contributed by atoms with Crippen LogP contribution in [0, 0.1) is 5.82 Å². The number of benzene rings is 1. The minimum atomic E-state index is -1.27. The topological polar surface area (TPSA) is 49.3 Å². The van der Waals surface area contributed by atoms with Gasteiger partial charge in [-0.3, -0.25) is 0 Å². The predicted octanol–water partition coefficient (Wildman–Crippen LogP) is 3.96. The largest absolute Gasteiger partial charge is 0.478 e. The van der Waals surface area contributed by atoms with E-state index in [-0.39, 0.29) is 5.56 Å². The zero-order chi connectivity index (χ0) is 13.1. The third-order valence-corrected chi connectivity index (χ3v) is 3.98. The number of thiophene rings is 1. The van der Waals surface area contributed by atoms with E-state index in [4.69, 9.17) is 5.11 Å². The van der Waals surface area contributed by atoms with Gasteiger partial charge in [0.25, 0.3) is 0 Å². The van der Waals surface area contributed by atoms with Gasteiger partial charge in [-0.25, -0.2) is 9.18 Å². The third-order valence-electron chi connectivity index (χ3n) is 2.29. The molecule has 0 aliphatic heterocycles. The highest BCUT2D eigenvalue weighted by Crippen LogP contribution is 2.21. The van der Waals surface area contributed by atoms with Gasteiger partial charge in [-0.1, -0.05) is 0 Å². The molecule has 0 saturated carbocycles. The van der Waals surface area contributed by atoms with Crippen LogP contribution in [0.4, 0.5) is 10.1 Å². The summed E-state index contributed by atoms with van der Waals surface area (Å²) in [6.45, 7) is 0.570. The predicted molar refractivity (Wildman–Crippen MR) is 72.7 cm³/mol. The van der Waals surface area contributed by atoms with Gasteiger partial charge in [0.15, 0.2) is 0 Å². The highest BCUT2D eigenvalue weighted by molar-refractivity contribution is 9.10. The molecule has 1 aromatic carbocycles. The zero-order valence-electron chi connectivity index (χ0n) is 9.11. The summed E-state index contributed by atoms with van der Waals surface area (Å²) < 4.78 is 14.2. The zero-order valence-corrected chi connectivity index (χ0v) is 11.5. The van der Waals surface area contributed by atoms with E-state index in [0.29, 0.717) is 12.2 Å². The van der Waals surface area contributed by atoms with Crippen molar-refractivity contribution in [2.24, 2.45) is 0 Å². The van der Waals surface area contributed by atoms with Crippen LogP contribution in [0.25, 0.3) is 0 Å². The molecular weight excluding hydrogens is 321 g/mol. The Hall–Kier alpha value is -1.40. The van der Waals surface area contributed by atoms with Crippen LogP contribution in [0.1, 0.15) is 15.2 Å². The molecule has 0 fully saturated rings. The molecule has 2 rings (SSSR count). The van der Waals surface area contributed by atoms with Gasteiger partial charge in [-0.2, -0.15) is 0 Å². The molecule has 0 aliphatic rings. The molecule has 3 nitrogen and oxygen atoms in total. The second-order valence-electron chi connectivity index (χ2n) is 3.58. The van der Waals surface area contributed by atoms with Crippen LogP contribution < -0.4 is 5.32 Å². The number of hydrogen-bond donors (Lipinski definition) is 2. The lowest BCUT2D eigenvalue weighted by atomic mass is 10.2. The molecule has 0 radical (unpaired) electrons. The van der Waals surface area contributed by atoms with Gasteiger partial charge in [0.2, 0.25) is 0 Å². The molecule has 0 aliphatic carbocycles. The first-order chi connectivity index (χ1) is 8.56. The van der Waals surface area contributed by atoms with Crippen LogP contribution in [0.2, 0.25) is 0 Å². The van der Waals surface area contributed by atoms with Crippen LogP contribution in [0.3, 0.4) is 0 Å². The Morgan fingerprint density at radius 3 is 2.83 bits per heavy atom. The average Bonchev–Trinajstić information content (AvgIpc) is 2.74. The van der Waals surface area contributed by atoms with Crippen molar-refractivity contribution in [3.63, 3.8) is 0 Å². The van der Waals surface area contributed by atoms with Gasteiger partial charge in [0.05, 0.1) is 5.56 Å². The van der Waals surface area contributed by atoms with Gasteiger partial charge < -0.3 is 10.4 Å². The number of nitrogens with one attached hydrogen (secondary N) is 1. The van der Waals surface area contributed by atoms with Crippen LogP contribution in [-0.2, 0) is 6.54 Å². The van der Waals surface area contributed by atoms with Gasteiger partial charge >= 0.3 is 5.97 Å². The Morgan fingerprint density at radius 2 is 2.22 bits per heavy atom. The summed E-state index contributed by atoms with van der Waals surface area (Å²) in [6.07, 6.45) is 0. The van der Waals surface area contributed by atoms with Crippen molar-refractivity contribution in [1.29, 1.82) is 0 Å². The maximum absolute atomic E-state index is 13.2. The normalized spacial score (nSPS) is 10.3. The molecule has 2 N–H and O–H groups in total. The minimum Gasteiger partial charge on any atom is -0.478 e. The number of halogens is 2. The Kier molecular flexibility index (Phi) is 3.98. The molecule has 6 heteroatoms. The molecule has 2 aromatic rings. The Bertz CT molecular complexity index is 585. The van der Waals surface area contributed by atoms with Crippen molar-refractivity contribution in [3.8, 4) is 0 Å². The van der Waals surface area contributed by atoms with Gasteiger partial charge in [-0.15, -0.1) is 11.3 Å². The standard InChI is InChI=1S/C12H9BrFNO2S/c13-7-3-9(18-6-7)5-15-8-1-2-11(14)10(4-8)12(16)17/h1-4,6,15H,5H2,(H,16,17). The van der Waals surface area contributed by atoms with Crippen molar-refractivity contribution in [2.45, 2.75) is 6.54 Å². The molecule has 0 amide bonds. The summed E-state index contributed by atoms with van der Waals surface area (Å²) in [5.41, 5.74) is 0.255. The second kappa shape index (κ2) is 5.49. The molecule has 0 saturated heterocycles. The summed E-state index contributed by atoms with van der Waals surface area (Å²) in [5.74, 6) is -2.00. The number of anilines is 1. The van der Waals surface area contributed by atoms with E-state index in [9.17, 15) is 9.18 Å². The van der Waals surface area contributed by atoms with Gasteiger partial charge in [-0.05, 0) is 40.2 Å². The molecule has 18 heavy (non-hydrogen) atoms. The quantitative estimate of drug-likeness (QED) is 0.892. The number of hydrogen-bond acceptors (Lipinski definition) is 3. The summed E-state index contributed by atoms with van der Waals surface area (Å²) in [6, 6.07) is 5.93. The maximum atomic E-state index is 13.2. The molecule has 0 bridgehead atoms. The average molecular weight is 330 g/mol. The summed E-state index contributed by atoms with van der Waals surface area (Å²) >= 11 is 4.94. The van der Waals surface area contributed by atoms with Crippen LogP contribution in [0.5, 0.6) is 0 Å². The first kappa shape index (κ1) is 13.0. The van der Waals surface area contributed by atoms with E-state index in [2.05, 4.69) is 21.2 Å². The van der Waals surface area contributed by atoms with Crippen LogP contribution in [0.15, 0.2) is 34.1 Å². The van der Waals surface area contributed by atoms with Crippen molar-refractivity contribution < 1.29 is 14.3 Å². The summed E-state index contributed by atoms with van der Waals surface area (Å²) in [5, 5.41) is 13.8. The fraction of sp³-hybridized carbons (Fsp3) is 0.0833. The molecule has 1 aromatic heterocycles. The molecule has 0 atom stereocenters. The fourth-order valence-corrected chi connectivity index (χ4v) is 2.83. The third kappa shape index (κ3) is 3.08. The number of rotatable bonds is 4. The Labute approximate surface area is 115 Å². The number of carboxylic acids is 1. The van der Waals surface area contributed by atoms with Crippen molar-refractivity contribution in [3.05, 3.63) is 50.4 Å². The van der Waals surface area contributed by atoms with Crippen molar-refractivity contribution in [2.75, 3.05) is 5.32 Å². The first-order valence-corrected chi connectivity index (χ1v) is 6.73. The number of carboxylic acid groups (broad SMARTS) is 1. The SMILES string of the molecule is O=C(O)c1cc(NCc2cc(Br)cs2)ccc1F. The highest BCUT2D eigenvalue weighted by Gasteiger charge is 2.10. The second-order valence-corrected chi connectivity index (χ2v) is 5.50. The number of carbonyl (C=O) groups is 1. The number of aromatic carboxylic acids is 1. The Morgan fingerprint density at radius 1 is 1.44 bits per heavy atom. The van der Waals surface area contributed by atoms with Crippen molar-refractivity contribution in [1.82, 2.24) is 0 Å². The smallest absolute Gasteiger partial charge is 0.338 e. The fourth-order valence-electron chi connectivity index (χ4n) is 1.43. The van der Waals surface area contributed by atoms with Crippen molar-refractivity contribution >= 4 is 38.9 Å². The van der Waals surface area contributed by atoms with Crippen LogP contribution in [-0.4, -0.2) is 11.1 Å². The lowest BCUT2D eigenvalue weighted by Gasteiger charge is -2.06. The molecule has 0 spiro atoms. The van der Waals surface area contributed by atoms with E-state index in [1.807, 2.05) is 11.4 Å². The minimum absolute atomic E-state index is 0.327. The first-order valence-electron chi connectivity index (χ1n) is 5.06. The highest BCUT2D eigenvalue weighted by atomic mass is 79.9. The molecule has 1 heterocycles. The lowest BCUT2D eigenvalue weighted by Crippen LogP contribution is -2.03. The maximum Gasteiger partial charge on any atom is 0.338 e. The van der Waals surface area contributed by atoms with Gasteiger partial charge in [0.1, 0.15) is 5.82 Å². The molecule has 0 unspecified atom stereocenters. The summed E-state index contributed by atoms with van der Waals surface area (Å²) in [4.78, 5) is 11.9. The molecule has 94 valence electrons. The van der Waals surface area contributed by atoms with E-state index in [1.165, 1.54) is 12.1 Å². The monoisotopic (exact) mass is 329 g/mol. The van der Waals surface area contributed by atoms with E-state index in [0.717, 1.165) is 15.4 Å². The van der Waals surface area contributed by atoms with Crippen LogP contribution >= 0.6 is 27.3 Å². The van der Waals surface area contributed by atoms with Gasteiger partial charge in [0, 0.05) is 27.0 Å². The van der Waals surface area contributed by atoms with E-state index < -0.39 is 11.8 Å². The van der Waals surface area contributed by atoms with E-state index in [1.54, 1.807) is 11.3 Å². The summed E-state index contributed by atoms with van der Waals surface area (Å²) in [7, 11) is 0. The Balaban J connectivity index is 2.10.